The second-order valence-corrected chi connectivity index (χ2v) is 10.7. The highest BCUT2D eigenvalue weighted by Crippen LogP contribution is 2.31. The molecule has 0 aliphatic heterocycles. The van der Waals surface area contributed by atoms with Crippen molar-refractivity contribution in [2.75, 3.05) is 13.6 Å². The summed E-state index contributed by atoms with van der Waals surface area (Å²) in [5, 5.41) is 9.53. The molecule has 0 radical (unpaired) electrons. The predicted molar refractivity (Wildman–Crippen MR) is 134 cm³/mol. The van der Waals surface area contributed by atoms with Gasteiger partial charge in [0.15, 0.2) is 5.65 Å². The molecule has 0 bridgehead atoms. The molecule has 8 nitrogen and oxygen atoms in total. The quantitative estimate of drug-likeness (QED) is 0.381. The standard InChI is InChI=1S/C24H23BrN4O4S/c1-16(30)13-28(2)24(31)19-10-8-18(9-11-19)20-14-29(23-22(20)27-21(25)12-26-23)34(32,33)15-17-6-4-3-5-7-17/h3-12,14,16,30H,13,15H2,1-2H3/t16-/m0/s1. The topological polar surface area (TPSA) is 105 Å². The fourth-order valence-electron chi connectivity index (χ4n) is 3.71. The minimum Gasteiger partial charge on any atom is -0.392 e. The molecule has 0 aliphatic rings. The molecule has 0 unspecified atom stereocenters. The molecule has 1 amide bonds. The van der Waals surface area contributed by atoms with Gasteiger partial charge in [-0.25, -0.2) is 22.4 Å². The molecule has 10 heteroatoms. The van der Waals surface area contributed by atoms with E-state index in [1.165, 1.54) is 21.3 Å². The number of halogens is 1. The van der Waals surface area contributed by atoms with Crippen LogP contribution in [-0.2, 0) is 15.8 Å². The van der Waals surface area contributed by atoms with E-state index in [1.807, 2.05) is 6.07 Å². The lowest BCUT2D eigenvalue weighted by Crippen LogP contribution is -2.32. The SMILES string of the molecule is C[C@H](O)CN(C)C(=O)c1ccc(-c2cn(S(=O)(=O)Cc3ccccc3)c3ncc(Br)nc23)cc1. The number of hydrogen-bond acceptors (Lipinski definition) is 6. The summed E-state index contributed by atoms with van der Waals surface area (Å²) in [6.07, 6.45) is 2.35. The summed E-state index contributed by atoms with van der Waals surface area (Å²) in [6, 6.07) is 15.8. The molecule has 0 fully saturated rings. The first-order valence-electron chi connectivity index (χ1n) is 10.5. The molecule has 1 atom stereocenters. The van der Waals surface area contributed by atoms with Crippen molar-refractivity contribution in [3.63, 3.8) is 0 Å². The van der Waals surface area contributed by atoms with Crippen LogP contribution in [0.1, 0.15) is 22.8 Å². The first-order chi connectivity index (χ1) is 16.2. The predicted octanol–water partition coefficient (Wildman–Crippen LogP) is 3.69. The summed E-state index contributed by atoms with van der Waals surface area (Å²) < 4.78 is 28.2. The molecule has 0 saturated carbocycles. The van der Waals surface area contributed by atoms with Crippen molar-refractivity contribution in [2.45, 2.75) is 18.8 Å². The van der Waals surface area contributed by atoms with Gasteiger partial charge in [0.1, 0.15) is 10.1 Å². The maximum absolute atomic E-state index is 13.3. The highest BCUT2D eigenvalue weighted by Gasteiger charge is 2.23. The Hall–Kier alpha value is -3.08. The number of aliphatic hydroxyl groups excluding tert-OH is 1. The summed E-state index contributed by atoms with van der Waals surface area (Å²) in [4.78, 5) is 22.8. The van der Waals surface area contributed by atoms with Crippen LogP contribution in [0.4, 0.5) is 0 Å². The molecule has 2 aromatic carbocycles. The highest BCUT2D eigenvalue weighted by atomic mass is 79.9. The third kappa shape index (κ3) is 5.03. The van der Waals surface area contributed by atoms with Gasteiger partial charge in [0.25, 0.3) is 5.91 Å². The van der Waals surface area contributed by atoms with E-state index in [-0.39, 0.29) is 23.9 Å². The number of aliphatic hydroxyl groups is 1. The Kier molecular flexibility index (Phi) is 6.83. The summed E-state index contributed by atoms with van der Waals surface area (Å²) in [6.45, 7) is 1.84. The van der Waals surface area contributed by atoms with E-state index < -0.39 is 16.1 Å². The summed E-state index contributed by atoms with van der Waals surface area (Å²) >= 11 is 3.32. The fraction of sp³-hybridized carbons (Fsp3) is 0.208. The van der Waals surface area contributed by atoms with Crippen LogP contribution >= 0.6 is 15.9 Å². The van der Waals surface area contributed by atoms with Gasteiger partial charge in [0.2, 0.25) is 10.0 Å². The Labute approximate surface area is 206 Å². The van der Waals surface area contributed by atoms with Crippen molar-refractivity contribution in [1.82, 2.24) is 18.8 Å². The monoisotopic (exact) mass is 542 g/mol. The lowest BCUT2D eigenvalue weighted by Gasteiger charge is -2.18. The van der Waals surface area contributed by atoms with E-state index in [9.17, 15) is 18.3 Å². The van der Waals surface area contributed by atoms with Gasteiger partial charge in [-0.05, 0) is 46.1 Å². The maximum Gasteiger partial charge on any atom is 0.253 e. The molecule has 176 valence electrons. The Morgan fingerprint density at radius 2 is 1.82 bits per heavy atom. The number of hydrogen-bond donors (Lipinski definition) is 1. The molecule has 34 heavy (non-hydrogen) atoms. The Morgan fingerprint density at radius 1 is 1.15 bits per heavy atom. The van der Waals surface area contributed by atoms with Crippen molar-refractivity contribution < 1.29 is 18.3 Å². The number of benzene rings is 2. The van der Waals surface area contributed by atoms with E-state index >= 15 is 0 Å². The normalized spacial score (nSPS) is 12.6. The number of nitrogens with zero attached hydrogens (tertiary/aromatic N) is 4. The number of carbonyl (C=O) groups is 1. The Morgan fingerprint density at radius 3 is 2.47 bits per heavy atom. The summed E-state index contributed by atoms with van der Waals surface area (Å²) in [7, 11) is -2.14. The van der Waals surface area contributed by atoms with Crippen LogP contribution in [0.25, 0.3) is 22.3 Å². The van der Waals surface area contributed by atoms with E-state index in [1.54, 1.807) is 62.5 Å². The second kappa shape index (κ2) is 9.65. The molecule has 0 spiro atoms. The van der Waals surface area contributed by atoms with E-state index in [0.717, 1.165) is 0 Å². The van der Waals surface area contributed by atoms with Gasteiger partial charge < -0.3 is 10.0 Å². The lowest BCUT2D eigenvalue weighted by atomic mass is 10.1. The van der Waals surface area contributed by atoms with Crippen molar-refractivity contribution in [1.29, 1.82) is 0 Å². The Balaban J connectivity index is 1.74. The number of aromatic nitrogens is 3. The van der Waals surface area contributed by atoms with Crippen LogP contribution in [0.5, 0.6) is 0 Å². The summed E-state index contributed by atoms with van der Waals surface area (Å²) in [5.74, 6) is -0.402. The van der Waals surface area contributed by atoms with Crippen molar-refractivity contribution in [3.05, 3.63) is 82.7 Å². The number of amides is 1. The molecular formula is C24H23BrN4O4S. The van der Waals surface area contributed by atoms with Crippen LogP contribution in [0.3, 0.4) is 0 Å². The van der Waals surface area contributed by atoms with Crippen molar-refractivity contribution in [3.8, 4) is 11.1 Å². The van der Waals surface area contributed by atoms with E-state index in [2.05, 4.69) is 25.9 Å². The zero-order valence-corrected chi connectivity index (χ0v) is 21.0. The van der Waals surface area contributed by atoms with Gasteiger partial charge in [-0.1, -0.05) is 42.5 Å². The molecule has 2 heterocycles. The molecule has 4 aromatic rings. The first-order valence-corrected chi connectivity index (χ1v) is 12.9. The van der Waals surface area contributed by atoms with Gasteiger partial charge >= 0.3 is 0 Å². The summed E-state index contributed by atoms with van der Waals surface area (Å²) in [5.41, 5.74) is 3.06. The molecule has 0 aliphatic carbocycles. The third-order valence-corrected chi connectivity index (χ3v) is 7.21. The number of carbonyl (C=O) groups excluding carboxylic acids is 1. The second-order valence-electron chi connectivity index (χ2n) is 8.06. The van der Waals surface area contributed by atoms with Crippen LogP contribution in [0.2, 0.25) is 0 Å². The van der Waals surface area contributed by atoms with Gasteiger partial charge in [-0.2, -0.15) is 0 Å². The van der Waals surface area contributed by atoms with Crippen LogP contribution < -0.4 is 0 Å². The van der Waals surface area contributed by atoms with Crippen molar-refractivity contribution in [2.24, 2.45) is 0 Å². The third-order valence-electron chi connectivity index (χ3n) is 5.25. The van der Waals surface area contributed by atoms with Gasteiger partial charge in [0.05, 0.1) is 18.1 Å². The number of likely N-dealkylation sites (N-methyl/N-ethyl adjacent to an activating group) is 1. The molecular weight excluding hydrogens is 520 g/mol. The van der Waals surface area contributed by atoms with Gasteiger partial charge in [0, 0.05) is 30.9 Å². The van der Waals surface area contributed by atoms with E-state index in [0.29, 0.717) is 32.4 Å². The number of rotatable bonds is 7. The lowest BCUT2D eigenvalue weighted by molar-refractivity contribution is 0.0703. The Bertz CT molecular complexity index is 1440. The van der Waals surface area contributed by atoms with Crippen molar-refractivity contribution >= 4 is 43.0 Å². The van der Waals surface area contributed by atoms with Gasteiger partial charge in [-0.3, -0.25) is 4.79 Å². The minimum absolute atomic E-state index is 0.183. The average molecular weight is 543 g/mol. The molecule has 0 saturated heterocycles. The highest BCUT2D eigenvalue weighted by molar-refractivity contribution is 9.10. The minimum atomic E-state index is -3.77. The molecule has 2 aromatic heterocycles. The number of fused-ring (bicyclic) bond motifs is 1. The van der Waals surface area contributed by atoms with Crippen LogP contribution in [0, 0.1) is 0 Å². The van der Waals surface area contributed by atoms with Gasteiger partial charge in [-0.15, -0.1) is 0 Å². The fourth-order valence-corrected chi connectivity index (χ4v) is 5.41. The van der Waals surface area contributed by atoms with E-state index in [4.69, 9.17) is 0 Å². The van der Waals surface area contributed by atoms with Crippen LogP contribution in [-0.4, -0.2) is 58.0 Å². The zero-order chi connectivity index (χ0) is 24.5. The zero-order valence-electron chi connectivity index (χ0n) is 18.6. The average Bonchev–Trinajstić information content (AvgIpc) is 3.18. The largest absolute Gasteiger partial charge is 0.392 e. The molecule has 4 rings (SSSR count). The molecule has 1 N–H and O–H groups in total. The van der Waals surface area contributed by atoms with Crippen LogP contribution in [0.15, 0.2) is 71.6 Å². The smallest absolute Gasteiger partial charge is 0.253 e. The first kappa shape index (κ1) is 24.1. The maximum atomic E-state index is 13.3.